The first-order valence-electron chi connectivity index (χ1n) is 9.41. The summed E-state index contributed by atoms with van der Waals surface area (Å²) in [6, 6.07) is 9.03. The lowest BCUT2D eigenvalue weighted by molar-refractivity contribution is -0.138. The maximum atomic E-state index is 12.9. The Labute approximate surface area is 171 Å². The van der Waals surface area contributed by atoms with E-state index in [2.05, 4.69) is 10.3 Å². The SMILES string of the molecule is N#Cc1cc2nccc(-c3cc(Cl)cc4c3O[C@@H](C(=O)N3CCNCC3)C4)c2o1. The van der Waals surface area contributed by atoms with E-state index in [-0.39, 0.29) is 11.7 Å². The summed E-state index contributed by atoms with van der Waals surface area (Å²) in [5.74, 6) is 0.811. The van der Waals surface area contributed by atoms with Gasteiger partial charge in [0.05, 0.1) is 0 Å². The lowest BCUT2D eigenvalue weighted by Gasteiger charge is -2.29. The molecule has 0 bridgehead atoms. The molecule has 5 rings (SSSR count). The highest BCUT2D eigenvalue weighted by Crippen LogP contribution is 2.43. The zero-order chi connectivity index (χ0) is 20.0. The maximum absolute atomic E-state index is 12.9. The molecule has 7 nitrogen and oxygen atoms in total. The number of carbonyl (C=O) groups is 1. The Morgan fingerprint density at radius 2 is 2.10 bits per heavy atom. The van der Waals surface area contributed by atoms with Crippen molar-refractivity contribution in [2.45, 2.75) is 12.5 Å². The largest absolute Gasteiger partial charge is 0.479 e. The molecular weight excluding hydrogens is 392 g/mol. The molecule has 2 aliphatic heterocycles. The van der Waals surface area contributed by atoms with E-state index in [1.54, 1.807) is 24.4 Å². The average molecular weight is 409 g/mol. The van der Waals surface area contributed by atoms with Crippen molar-refractivity contribution >= 4 is 28.6 Å². The van der Waals surface area contributed by atoms with Crippen LogP contribution >= 0.6 is 11.6 Å². The quantitative estimate of drug-likeness (QED) is 0.701. The second-order valence-corrected chi connectivity index (χ2v) is 7.56. The normalized spacial score (nSPS) is 18.3. The number of carbonyl (C=O) groups excluding carboxylic acids is 1. The fourth-order valence-electron chi connectivity index (χ4n) is 3.96. The molecule has 3 aromatic rings. The van der Waals surface area contributed by atoms with Gasteiger partial charge in [-0.15, -0.1) is 0 Å². The van der Waals surface area contributed by atoms with Crippen LogP contribution in [0.4, 0.5) is 0 Å². The van der Waals surface area contributed by atoms with Gasteiger partial charge in [0.25, 0.3) is 5.91 Å². The number of benzene rings is 1. The number of fused-ring (bicyclic) bond motifs is 2. The fraction of sp³-hybridized carbons (Fsp3) is 0.286. The van der Waals surface area contributed by atoms with Crippen molar-refractivity contribution in [3.05, 3.63) is 46.8 Å². The van der Waals surface area contributed by atoms with Gasteiger partial charge in [0.15, 0.2) is 11.7 Å². The van der Waals surface area contributed by atoms with E-state index >= 15 is 0 Å². The number of halogens is 1. The molecule has 0 spiro atoms. The first-order chi connectivity index (χ1) is 14.1. The Hall–Kier alpha value is -3.08. The average Bonchev–Trinajstić information content (AvgIpc) is 3.36. The summed E-state index contributed by atoms with van der Waals surface area (Å²) in [7, 11) is 0. The zero-order valence-corrected chi connectivity index (χ0v) is 16.2. The Morgan fingerprint density at radius 1 is 1.28 bits per heavy atom. The van der Waals surface area contributed by atoms with Crippen molar-refractivity contribution in [2.75, 3.05) is 26.2 Å². The third-order valence-corrected chi connectivity index (χ3v) is 5.53. The van der Waals surface area contributed by atoms with Gasteiger partial charge in [0.1, 0.15) is 17.3 Å². The van der Waals surface area contributed by atoms with Crippen LogP contribution in [-0.2, 0) is 11.2 Å². The number of piperazine rings is 1. The van der Waals surface area contributed by atoms with Crippen molar-refractivity contribution < 1.29 is 13.9 Å². The molecule has 2 aromatic heterocycles. The van der Waals surface area contributed by atoms with Crippen LogP contribution < -0.4 is 10.1 Å². The number of hydrogen-bond donors (Lipinski definition) is 1. The Bertz CT molecular complexity index is 1160. The second kappa shape index (κ2) is 7.07. The van der Waals surface area contributed by atoms with Gasteiger partial charge in [-0.1, -0.05) is 11.6 Å². The van der Waals surface area contributed by atoms with Gasteiger partial charge in [-0.25, -0.2) is 0 Å². The van der Waals surface area contributed by atoms with Crippen LogP contribution in [-0.4, -0.2) is 48.1 Å². The molecule has 2 aliphatic rings. The van der Waals surface area contributed by atoms with Gasteiger partial charge in [0.2, 0.25) is 5.76 Å². The molecule has 0 aliphatic carbocycles. The first kappa shape index (κ1) is 18.0. The number of amides is 1. The summed E-state index contributed by atoms with van der Waals surface area (Å²) < 4.78 is 11.8. The molecule has 1 amide bonds. The van der Waals surface area contributed by atoms with E-state index in [0.717, 1.165) is 29.8 Å². The summed E-state index contributed by atoms with van der Waals surface area (Å²) in [6.07, 6.45) is 1.56. The van der Waals surface area contributed by atoms with Gasteiger partial charge >= 0.3 is 0 Å². The fourth-order valence-corrected chi connectivity index (χ4v) is 4.20. The minimum atomic E-state index is -0.566. The smallest absolute Gasteiger partial charge is 0.264 e. The molecule has 0 unspecified atom stereocenters. The van der Waals surface area contributed by atoms with E-state index in [1.165, 1.54) is 0 Å². The number of ether oxygens (including phenoxy) is 1. The Kier molecular flexibility index (Phi) is 4.38. The number of nitriles is 1. The predicted molar refractivity (Wildman–Crippen MR) is 107 cm³/mol. The number of nitrogens with one attached hydrogen (secondary N) is 1. The van der Waals surface area contributed by atoms with Gasteiger partial charge in [-0.3, -0.25) is 9.78 Å². The molecule has 1 N–H and O–H groups in total. The summed E-state index contributed by atoms with van der Waals surface area (Å²) in [5.41, 5.74) is 3.42. The standard InChI is InChI=1S/C21H17ClN4O3/c22-13-7-12-8-18(21(27)26-5-3-24-4-6-26)29-19(12)16(9-13)15-1-2-25-17-10-14(11-23)28-20(15)17/h1-2,7,9-10,18,24H,3-6,8H2/t18-/m1/s1. The Balaban J connectivity index is 1.55. The van der Waals surface area contributed by atoms with Crippen molar-refractivity contribution in [2.24, 2.45) is 0 Å². The molecule has 8 heteroatoms. The molecule has 146 valence electrons. The number of pyridine rings is 1. The van der Waals surface area contributed by atoms with Crippen LogP contribution in [0.3, 0.4) is 0 Å². The van der Waals surface area contributed by atoms with E-state index in [0.29, 0.717) is 41.4 Å². The summed E-state index contributed by atoms with van der Waals surface area (Å²) in [6.45, 7) is 2.93. The molecule has 1 saturated heterocycles. The van der Waals surface area contributed by atoms with Crippen LogP contribution in [0.25, 0.3) is 22.2 Å². The number of hydrogen-bond acceptors (Lipinski definition) is 6. The maximum Gasteiger partial charge on any atom is 0.264 e. The van der Waals surface area contributed by atoms with Crippen LogP contribution in [0.1, 0.15) is 11.3 Å². The monoisotopic (exact) mass is 408 g/mol. The lowest BCUT2D eigenvalue weighted by atomic mass is 10.0. The number of furan rings is 1. The molecule has 0 saturated carbocycles. The number of aromatic nitrogens is 1. The summed E-state index contributed by atoms with van der Waals surface area (Å²) in [4.78, 5) is 19.0. The van der Waals surface area contributed by atoms with Gasteiger partial charge in [-0.2, -0.15) is 5.26 Å². The number of nitrogens with zero attached hydrogens (tertiary/aromatic N) is 3. The van der Waals surface area contributed by atoms with Crippen LogP contribution in [0, 0.1) is 11.3 Å². The molecule has 4 heterocycles. The van der Waals surface area contributed by atoms with Crippen molar-refractivity contribution in [3.63, 3.8) is 0 Å². The van der Waals surface area contributed by atoms with Gasteiger partial charge in [-0.05, 0) is 18.2 Å². The van der Waals surface area contributed by atoms with Crippen molar-refractivity contribution in [1.29, 1.82) is 5.26 Å². The van der Waals surface area contributed by atoms with Crippen LogP contribution in [0.5, 0.6) is 5.75 Å². The molecule has 1 fully saturated rings. The summed E-state index contributed by atoms with van der Waals surface area (Å²) >= 11 is 6.38. The van der Waals surface area contributed by atoms with Crippen LogP contribution in [0.2, 0.25) is 5.02 Å². The molecule has 1 aromatic carbocycles. The summed E-state index contributed by atoms with van der Waals surface area (Å²) in [5, 5.41) is 13.0. The van der Waals surface area contributed by atoms with Crippen molar-refractivity contribution in [3.8, 4) is 22.9 Å². The van der Waals surface area contributed by atoms with Crippen LogP contribution in [0.15, 0.2) is 34.9 Å². The highest BCUT2D eigenvalue weighted by molar-refractivity contribution is 6.31. The molecular formula is C21H17ClN4O3. The highest BCUT2D eigenvalue weighted by atomic mass is 35.5. The molecule has 1 atom stereocenters. The zero-order valence-electron chi connectivity index (χ0n) is 15.4. The second-order valence-electron chi connectivity index (χ2n) is 7.12. The molecule has 29 heavy (non-hydrogen) atoms. The van der Waals surface area contributed by atoms with E-state index in [9.17, 15) is 4.79 Å². The van der Waals surface area contributed by atoms with E-state index in [4.69, 9.17) is 26.0 Å². The minimum absolute atomic E-state index is 0.00517. The first-order valence-corrected chi connectivity index (χ1v) is 9.79. The van der Waals surface area contributed by atoms with Gasteiger partial charge < -0.3 is 19.4 Å². The minimum Gasteiger partial charge on any atom is -0.479 e. The van der Waals surface area contributed by atoms with E-state index < -0.39 is 6.10 Å². The van der Waals surface area contributed by atoms with Gasteiger partial charge in [0, 0.05) is 66.6 Å². The third kappa shape index (κ3) is 3.11. The molecule has 0 radical (unpaired) electrons. The lowest BCUT2D eigenvalue weighted by Crippen LogP contribution is -2.50. The predicted octanol–water partition coefficient (Wildman–Crippen LogP) is 2.76. The topological polar surface area (TPSA) is 91.4 Å². The number of rotatable bonds is 2. The highest BCUT2D eigenvalue weighted by Gasteiger charge is 2.35. The van der Waals surface area contributed by atoms with E-state index in [1.807, 2.05) is 17.0 Å². The Morgan fingerprint density at radius 3 is 2.90 bits per heavy atom. The third-order valence-electron chi connectivity index (χ3n) is 5.31. The van der Waals surface area contributed by atoms with Crippen molar-refractivity contribution in [1.82, 2.24) is 15.2 Å².